The molecule has 1 heterocycles. The van der Waals surface area contributed by atoms with Gasteiger partial charge in [0.2, 0.25) is 0 Å². The van der Waals surface area contributed by atoms with Crippen molar-refractivity contribution in [3.8, 4) is 5.75 Å². The fourth-order valence-electron chi connectivity index (χ4n) is 2.07. The molecule has 0 radical (unpaired) electrons. The minimum Gasteiger partial charge on any atom is -0.484 e. The lowest BCUT2D eigenvalue weighted by Crippen LogP contribution is -2.42. The van der Waals surface area contributed by atoms with Crippen LogP contribution in [0.4, 0.5) is 0 Å². The van der Waals surface area contributed by atoms with Gasteiger partial charge in [-0.3, -0.25) is 4.79 Å². The Morgan fingerprint density at radius 2 is 2.26 bits per heavy atom. The highest BCUT2D eigenvalue weighted by molar-refractivity contribution is 9.10. The number of amides is 1. The highest BCUT2D eigenvalue weighted by atomic mass is 79.9. The summed E-state index contributed by atoms with van der Waals surface area (Å²) in [5.74, 6) is 0.564. The van der Waals surface area contributed by atoms with Crippen LogP contribution in [0.1, 0.15) is 19.8 Å². The summed E-state index contributed by atoms with van der Waals surface area (Å²) in [6, 6.07) is 7.43. The van der Waals surface area contributed by atoms with Crippen LogP contribution in [0.2, 0.25) is 0 Å². The van der Waals surface area contributed by atoms with Crippen molar-refractivity contribution in [1.29, 1.82) is 0 Å². The molecule has 1 aliphatic heterocycles. The molecule has 1 saturated heterocycles. The number of hydrogen-bond donors (Lipinski definition) is 1. The van der Waals surface area contributed by atoms with Crippen molar-refractivity contribution in [1.82, 2.24) is 5.32 Å². The molecule has 1 N–H and O–H groups in total. The maximum Gasteiger partial charge on any atom is 0.258 e. The van der Waals surface area contributed by atoms with E-state index in [1.165, 1.54) is 0 Å². The van der Waals surface area contributed by atoms with Crippen LogP contribution in [0.15, 0.2) is 28.7 Å². The van der Waals surface area contributed by atoms with E-state index in [0.717, 1.165) is 23.9 Å². The predicted molar refractivity (Wildman–Crippen MR) is 76.2 cm³/mol. The summed E-state index contributed by atoms with van der Waals surface area (Å²) in [6.45, 7) is 2.78. The first-order valence-electron chi connectivity index (χ1n) is 6.44. The summed E-state index contributed by atoms with van der Waals surface area (Å²) >= 11 is 3.35. The maximum absolute atomic E-state index is 11.7. The first-order valence-corrected chi connectivity index (χ1v) is 7.24. The Morgan fingerprint density at radius 1 is 1.53 bits per heavy atom. The van der Waals surface area contributed by atoms with E-state index in [0.29, 0.717) is 5.75 Å². The van der Waals surface area contributed by atoms with Crippen molar-refractivity contribution in [2.75, 3.05) is 13.2 Å². The van der Waals surface area contributed by atoms with Gasteiger partial charge in [-0.05, 0) is 44.0 Å². The van der Waals surface area contributed by atoms with E-state index >= 15 is 0 Å². The third-order valence-electron chi connectivity index (χ3n) is 3.09. The summed E-state index contributed by atoms with van der Waals surface area (Å²) in [6.07, 6.45) is 2.21. The number of benzene rings is 1. The molecule has 0 spiro atoms. The largest absolute Gasteiger partial charge is 0.484 e. The van der Waals surface area contributed by atoms with Crippen LogP contribution in [0.25, 0.3) is 0 Å². The van der Waals surface area contributed by atoms with Gasteiger partial charge in [0.25, 0.3) is 5.91 Å². The van der Waals surface area contributed by atoms with Crippen LogP contribution in [0.5, 0.6) is 5.75 Å². The van der Waals surface area contributed by atoms with Gasteiger partial charge in [-0.1, -0.05) is 15.9 Å². The van der Waals surface area contributed by atoms with E-state index in [1.807, 2.05) is 31.2 Å². The van der Waals surface area contributed by atoms with Gasteiger partial charge in [-0.2, -0.15) is 0 Å². The Balaban J connectivity index is 1.73. The van der Waals surface area contributed by atoms with Crippen molar-refractivity contribution in [3.63, 3.8) is 0 Å². The van der Waals surface area contributed by atoms with Crippen LogP contribution in [0, 0.1) is 0 Å². The van der Waals surface area contributed by atoms with E-state index in [4.69, 9.17) is 9.47 Å². The number of hydrogen-bond acceptors (Lipinski definition) is 3. The first kappa shape index (κ1) is 14.3. The third-order valence-corrected chi connectivity index (χ3v) is 3.62. The SMILES string of the molecule is C[C@H](NC(=O)COc1ccc(Br)cc1)[C@@H]1CCCO1. The molecule has 0 bridgehead atoms. The molecule has 19 heavy (non-hydrogen) atoms. The molecule has 1 aromatic carbocycles. The zero-order chi connectivity index (χ0) is 13.7. The molecule has 1 fully saturated rings. The monoisotopic (exact) mass is 327 g/mol. The van der Waals surface area contributed by atoms with Crippen molar-refractivity contribution in [2.24, 2.45) is 0 Å². The maximum atomic E-state index is 11.7. The number of halogens is 1. The second kappa shape index (κ2) is 6.91. The Hall–Kier alpha value is -1.07. The number of carbonyl (C=O) groups excluding carboxylic acids is 1. The molecular weight excluding hydrogens is 310 g/mol. The van der Waals surface area contributed by atoms with E-state index in [9.17, 15) is 4.79 Å². The lowest BCUT2D eigenvalue weighted by Gasteiger charge is -2.20. The van der Waals surface area contributed by atoms with Crippen molar-refractivity contribution in [2.45, 2.75) is 31.9 Å². The zero-order valence-corrected chi connectivity index (χ0v) is 12.5. The van der Waals surface area contributed by atoms with E-state index in [2.05, 4.69) is 21.2 Å². The number of nitrogens with one attached hydrogen (secondary N) is 1. The van der Waals surface area contributed by atoms with Crippen LogP contribution in [-0.4, -0.2) is 31.3 Å². The fraction of sp³-hybridized carbons (Fsp3) is 0.500. The van der Waals surface area contributed by atoms with Gasteiger partial charge in [-0.25, -0.2) is 0 Å². The Labute approximate surface area is 121 Å². The van der Waals surface area contributed by atoms with Crippen LogP contribution >= 0.6 is 15.9 Å². The van der Waals surface area contributed by atoms with Crippen molar-refractivity contribution >= 4 is 21.8 Å². The average molecular weight is 328 g/mol. The minimum absolute atomic E-state index is 0.0265. The van der Waals surface area contributed by atoms with Gasteiger partial charge >= 0.3 is 0 Å². The topological polar surface area (TPSA) is 47.6 Å². The van der Waals surface area contributed by atoms with Crippen LogP contribution in [0.3, 0.4) is 0 Å². The van der Waals surface area contributed by atoms with E-state index in [1.54, 1.807) is 0 Å². The van der Waals surface area contributed by atoms with Crippen molar-refractivity contribution < 1.29 is 14.3 Å². The molecule has 1 aromatic rings. The van der Waals surface area contributed by atoms with E-state index in [-0.39, 0.29) is 24.7 Å². The molecule has 104 valence electrons. The Bertz CT molecular complexity index is 415. The molecule has 1 aliphatic rings. The molecule has 2 atom stereocenters. The second-order valence-corrected chi connectivity index (χ2v) is 5.57. The molecule has 0 aliphatic carbocycles. The first-order chi connectivity index (χ1) is 9.15. The molecular formula is C14H18BrNO3. The van der Waals surface area contributed by atoms with Gasteiger partial charge in [0.05, 0.1) is 12.1 Å². The Morgan fingerprint density at radius 3 is 2.89 bits per heavy atom. The highest BCUT2D eigenvalue weighted by Gasteiger charge is 2.23. The number of ether oxygens (including phenoxy) is 2. The lowest BCUT2D eigenvalue weighted by atomic mass is 10.1. The number of rotatable bonds is 5. The molecule has 1 amide bonds. The molecule has 2 rings (SSSR count). The fourth-order valence-corrected chi connectivity index (χ4v) is 2.33. The normalized spacial score (nSPS) is 20.0. The number of carbonyl (C=O) groups is 1. The summed E-state index contributed by atoms with van der Waals surface area (Å²) in [7, 11) is 0. The van der Waals surface area contributed by atoms with Gasteiger partial charge in [-0.15, -0.1) is 0 Å². The van der Waals surface area contributed by atoms with Crippen LogP contribution in [-0.2, 0) is 9.53 Å². The summed E-state index contributed by atoms with van der Waals surface area (Å²) in [4.78, 5) is 11.7. The molecule has 0 aromatic heterocycles. The molecule has 0 saturated carbocycles. The van der Waals surface area contributed by atoms with E-state index < -0.39 is 0 Å². The average Bonchev–Trinajstić information content (AvgIpc) is 2.92. The van der Waals surface area contributed by atoms with Gasteiger partial charge in [0.1, 0.15) is 5.75 Å². The predicted octanol–water partition coefficient (Wildman–Crippen LogP) is 2.51. The molecule has 0 unspecified atom stereocenters. The summed E-state index contributed by atoms with van der Waals surface area (Å²) < 4.78 is 11.9. The quantitative estimate of drug-likeness (QED) is 0.903. The molecule has 5 heteroatoms. The van der Waals surface area contributed by atoms with Crippen LogP contribution < -0.4 is 10.1 Å². The minimum atomic E-state index is -0.120. The lowest BCUT2D eigenvalue weighted by molar-refractivity contribution is -0.124. The van der Waals surface area contributed by atoms with Gasteiger partial charge in [0.15, 0.2) is 6.61 Å². The van der Waals surface area contributed by atoms with Gasteiger partial charge in [0, 0.05) is 11.1 Å². The third kappa shape index (κ3) is 4.51. The summed E-state index contributed by atoms with van der Waals surface area (Å²) in [5.41, 5.74) is 0. The zero-order valence-electron chi connectivity index (χ0n) is 10.9. The second-order valence-electron chi connectivity index (χ2n) is 4.65. The standard InChI is InChI=1S/C14H18BrNO3/c1-10(13-3-2-8-18-13)16-14(17)9-19-12-6-4-11(15)5-7-12/h4-7,10,13H,2-3,8-9H2,1H3,(H,16,17)/t10-,13-/m0/s1. The summed E-state index contributed by atoms with van der Waals surface area (Å²) in [5, 5.41) is 2.91. The smallest absolute Gasteiger partial charge is 0.258 e. The Kier molecular flexibility index (Phi) is 5.22. The highest BCUT2D eigenvalue weighted by Crippen LogP contribution is 2.17. The molecule has 4 nitrogen and oxygen atoms in total. The van der Waals surface area contributed by atoms with Crippen molar-refractivity contribution in [3.05, 3.63) is 28.7 Å². The van der Waals surface area contributed by atoms with Gasteiger partial charge < -0.3 is 14.8 Å².